The van der Waals surface area contributed by atoms with Crippen LogP contribution in [0.3, 0.4) is 0 Å². The Morgan fingerprint density at radius 1 is 1.00 bits per heavy atom. The molecule has 1 aliphatic carbocycles. The van der Waals surface area contributed by atoms with Crippen LogP contribution >= 0.6 is 0 Å². The molecule has 0 amide bonds. The summed E-state index contributed by atoms with van der Waals surface area (Å²) in [6, 6.07) is 12.9. The molecule has 3 nitrogen and oxygen atoms in total. The predicted octanol–water partition coefficient (Wildman–Crippen LogP) is 3.72. The van der Waals surface area contributed by atoms with Gasteiger partial charge in [-0.15, -0.1) is 0 Å². The summed E-state index contributed by atoms with van der Waals surface area (Å²) in [5.74, 6) is -0.345. The zero-order chi connectivity index (χ0) is 18.9. The highest BCUT2D eigenvalue weighted by Crippen LogP contribution is 2.35. The molecule has 2 aliphatic rings. The lowest BCUT2D eigenvalue weighted by Crippen LogP contribution is -2.44. The molecule has 4 rings (SSSR count). The Balaban J connectivity index is 1.38. The van der Waals surface area contributed by atoms with Gasteiger partial charge in [-0.1, -0.05) is 36.4 Å². The normalized spacial score (nSPS) is 20.9. The Morgan fingerprint density at radius 2 is 1.70 bits per heavy atom. The first kappa shape index (κ1) is 18.6. The van der Waals surface area contributed by atoms with Crippen LogP contribution in [-0.4, -0.2) is 34.7 Å². The van der Waals surface area contributed by atoms with Crippen LogP contribution in [0.15, 0.2) is 42.5 Å². The van der Waals surface area contributed by atoms with Gasteiger partial charge >= 0.3 is 0 Å². The maximum atomic E-state index is 14.1. The molecule has 0 unspecified atom stereocenters. The van der Waals surface area contributed by atoms with Crippen molar-refractivity contribution in [3.8, 4) is 0 Å². The van der Waals surface area contributed by atoms with Crippen LogP contribution < -0.4 is 0 Å². The third kappa shape index (κ3) is 3.93. The summed E-state index contributed by atoms with van der Waals surface area (Å²) in [5, 5.41) is 21.6. The lowest BCUT2D eigenvalue weighted by atomic mass is 9.84. The fourth-order valence-corrected chi connectivity index (χ4v) is 4.52. The third-order valence-corrected chi connectivity index (χ3v) is 6.25. The molecule has 144 valence electrons. The van der Waals surface area contributed by atoms with Crippen molar-refractivity contribution in [2.45, 2.75) is 50.2 Å². The smallest absolute Gasteiger partial charge is 0.129 e. The second-order valence-electron chi connectivity index (χ2n) is 8.06. The van der Waals surface area contributed by atoms with Crippen LogP contribution in [0.4, 0.5) is 4.39 Å². The van der Waals surface area contributed by atoms with Gasteiger partial charge in [-0.25, -0.2) is 4.39 Å². The summed E-state index contributed by atoms with van der Waals surface area (Å²) < 4.78 is 14.1. The van der Waals surface area contributed by atoms with Crippen molar-refractivity contribution in [2.24, 2.45) is 0 Å². The highest BCUT2D eigenvalue weighted by Gasteiger charge is 2.36. The van der Waals surface area contributed by atoms with Crippen LogP contribution in [0, 0.1) is 5.82 Å². The van der Waals surface area contributed by atoms with Crippen LogP contribution in [0.1, 0.15) is 54.0 Å². The standard InChI is InChI=1S/C23H28FNO2/c24-21-8-4-3-7-20(21)23(27)11-13-25(14-12-23)16-22(26)19-10-9-17-5-1-2-6-18(17)15-19/h3-4,7-10,15,22,26-27H,1-2,5-6,11-14,16H2/t22-/m0/s1. The molecule has 0 spiro atoms. The van der Waals surface area contributed by atoms with Crippen LogP contribution in [0.5, 0.6) is 0 Å². The lowest BCUT2D eigenvalue weighted by molar-refractivity contribution is -0.0367. The first-order valence-electron chi connectivity index (χ1n) is 10.0. The van der Waals surface area contributed by atoms with Crippen LogP contribution in [-0.2, 0) is 18.4 Å². The zero-order valence-corrected chi connectivity index (χ0v) is 15.7. The Kier molecular flexibility index (Phi) is 5.31. The summed E-state index contributed by atoms with van der Waals surface area (Å²) in [5.41, 5.74) is 3.06. The largest absolute Gasteiger partial charge is 0.387 e. The van der Waals surface area contributed by atoms with E-state index in [1.165, 1.54) is 30.0 Å². The van der Waals surface area contributed by atoms with Gasteiger partial charge in [-0.3, -0.25) is 0 Å². The van der Waals surface area contributed by atoms with E-state index in [-0.39, 0.29) is 5.82 Å². The molecule has 2 aromatic carbocycles. The van der Waals surface area contributed by atoms with Gasteiger partial charge in [-0.2, -0.15) is 0 Å². The molecule has 0 bridgehead atoms. The number of nitrogens with zero attached hydrogens (tertiary/aromatic N) is 1. The molecule has 1 heterocycles. The Bertz CT molecular complexity index is 799. The minimum Gasteiger partial charge on any atom is -0.387 e. The van der Waals surface area contributed by atoms with E-state index < -0.39 is 11.7 Å². The molecule has 4 heteroatoms. The first-order chi connectivity index (χ1) is 13.0. The van der Waals surface area contributed by atoms with Gasteiger partial charge in [0.25, 0.3) is 0 Å². The van der Waals surface area contributed by atoms with Crippen molar-refractivity contribution in [2.75, 3.05) is 19.6 Å². The van der Waals surface area contributed by atoms with Gasteiger partial charge in [0, 0.05) is 25.2 Å². The number of rotatable bonds is 4. The van der Waals surface area contributed by atoms with E-state index >= 15 is 0 Å². The average molecular weight is 369 g/mol. The predicted molar refractivity (Wildman–Crippen MR) is 104 cm³/mol. The summed E-state index contributed by atoms with van der Waals surface area (Å²) in [6.07, 6.45) is 5.16. The van der Waals surface area contributed by atoms with E-state index in [4.69, 9.17) is 0 Å². The summed E-state index contributed by atoms with van der Waals surface area (Å²) in [6.45, 7) is 1.84. The molecular weight excluding hydrogens is 341 g/mol. The maximum Gasteiger partial charge on any atom is 0.129 e. The molecule has 27 heavy (non-hydrogen) atoms. The van der Waals surface area contributed by atoms with Crippen LogP contribution in [0.2, 0.25) is 0 Å². The second kappa shape index (κ2) is 7.70. The van der Waals surface area contributed by atoms with Gasteiger partial charge in [-0.05, 0) is 61.3 Å². The molecule has 0 aromatic heterocycles. The molecule has 2 aromatic rings. The zero-order valence-electron chi connectivity index (χ0n) is 15.7. The van der Waals surface area contributed by atoms with E-state index in [0.717, 1.165) is 18.4 Å². The number of fused-ring (bicyclic) bond motifs is 1. The van der Waals surface area contributed by atoms with E-state index in [1.54, 1.807) is 18.2 Å². The number of halogens is 1. The van der Waals surface area contributed by atoms with Gasteiger partial charge in [0.15, 0.2) is 0 Å². The maximum absolute atomic E-state index is 14.1. The van der Waals surface area contributed by atoms with Crippen molar-refractivity contribution in [3.63, 3.8) is 0 Å². The van der Waals surface area contributed by atoms with E-state index in [1.807, 2.05) is 0 Å². The first-order valence-corrected chi connectivity index (χ1v) is 10.0. The van der Waals surface area contributed by atoms with Gasteiger partial charge < -0.3 is 15.1 Å². The number of hydrogen-bond acceptors (Lipinski definition) is 3. The summed E-state index contributed by atoms with van der Waals surface area (Å²) >= 11 is 0. The number of benzene rings is 2. The Morgan fingerprint density at radius 3 is 2.44 bits per heavy atom. The van der Waals surface area contributed by atoms with Gasteiger partial charge in [0.2, 0.25) is 0 Å². The molecule has 1 fully saturated rings. The molecule has 2 N–H and O–H groups in total. The lowest BCUT2D eigenvalue weighted by Gasteiger charge is -2.39. The number of aryl methyl sites for hydroxylation is 2. The highest BCUT2D eigenvalue weighted by molar-refractivity contribution is 5.35. The summed E-state index contributed by atoms with van der Waals surface area (Å²) in [4.78, 5) is 2.17. The quantitative estimate of drug-likeness (QED) is 0.863. The fourth-order valence-electron chi connectivity index (χ4n) is 4.52. The number of hydrogen-bond donors (Lipinski definition) is 2. The Labute approximate surface area is 160 Å². The van der Waals surface area contributed by atoms with E-state index in [9.17, 15) is 14.6 Å². The minimum absolute atomic E-state index is 0.345. The van der Waals surface area contributed by atoms with E-state index in [2.05, 4.69) is 23.1 Å². The Hall–Kier alpha value is -1.75. The molecule has 1 saturated heterocycles. The fraction of sp³-hybridized carbons (Fsp3) is 0.478. The van der Waals surface area contributed by atoms with Gasteiger partial charge in [0.05, 0.1) is 11.7 Å². The molecule has 1 atom stereocenters. The molecule has 1 aliphatic heterocycles. The highest BCUT2D eigenvalue weighted by atomic mass is 19.1. The third-order valence-electron chi connectivity index (χ3n) is 6.25. The molecule has 0 radical (unpaired) electrons. The average Bonchev–Trinajstić information content (AvgIpc) is 2.69. The molecular formula is C23H28FNO2. The van der Waals surface area contributed by atoms with E-state index in [0.29, 0.717) is 38.0 Å². The van der Waals surface area contributed by atoms with Crippen molar-refractivity contribution in [1.29, 1.82) is 0 Å². The second-order valence-corrected chi connectivity index (χ2v) is 8.06. The number of β-amino-alcohol motifs (C(OH)–C–C–N with tert-alkyl or cyclic N) is 1. The van der Waals surface area contributed by atoms with Crippen LogP contribution in [0.25, 0.3) is 0 Å². The number of likely N-dealkylation sites (tertiary alicyclic amines) is 1. The van der Waals surface area contributed by atoms with Crippen molar-refractivity contribution >= 4 is 0 Å². The minimum atomic E-state index is -1.11. The SMILES string of the molecule is O[C@@H](CN1CCC(O)(c2ccccc2F)CC1)c1ccc2c(c1)CCCC2. The van der Waals surface area contributed by atoms with Crippen molar-refractivity contribution < 1.29 is 14.6 Å². The van der Waals surface area contributed by atoms with Crippen molar-refractivity contribution in [3.05, 3.63) is 70.5 Å². The van der Waals surface area contributed by atoms with Gasteiger partial charge in [0.1, 0.15) is 5.82 Å². The number of aliphatic hydroxyl groups is 2. The summed E-state index contributed by atoms with van der Waals surface area (Å²) in [7, 11) is 0. The number of aliphatic hydroxyl groups excluding tert-OH is 1. The number of piperidine rings is 1. The van der Waals surface area contributed by atoms with Crippen molar-refractivity contribution in [1.82, 2.24) is 4.90 Å². The monoisotopic (exact) mass is 369 g/mol. The topological polar surface area (TPSA) is 43.7 Å². The molecule has 0 saturated carbocycles.